The highest BCUT2D eigenvalue weighted by Crippen LogP contribution is 2.27. The molecule has 1 heterocycles. The average molecular weight is 411 g/mol. The van der Waals surface area contributed by atoms with Crippen LogP contribution in [0, 0.1) is 0 Å². The largest absolute Gasteiger partial charge is 0.495 e. The van der Waals surface area contributed by atoms with Gasteiger partial charge in [-0.05, 0) is 30.3 Å². The number of amides is 3. The van der Waals surface area contributed by atoms with Crippen molar-refractivity contribution < 1.29 is 24.0 Å². The van der Waals surface area contributed by atoms with Crippen LogP contribution in [0.15, 0.2) is 48.5 Å². The topological polar surface area (TPSA) is 92.2 Å². The lowest BCUT2D eigenvalue weighted by atomic mass is 10.2. The van der Waals surface area contributed by atoms with Gasteiger partial charge in [-0.25, -0.2) is 0 Å². The van der Waals surface area contributed by atoms with Crippen molar-refractivity contribution in [3.63, 3.8) is 0 Å². The lowest BCUT2D eigenvalue weighted by Gasteiger charge is -2.32. The number of carbonyl (C=O) groups is 3. The Kier molecular flexibility index (Phi) is 7.03. The number of quaternary nitrogens is 1. The second-order valence-corrected chi connectivity index (χ2v) is 7.23. The molecule has 3 N–H and O–H groups in total. The molecule has 0 bridgehead atoms. The molecule has 0 saturated carbocycles. The molecular formula is C22H27N4O4+. The third kappa shape index (κ3) is 5.57. The Hall–Kier alpha value is -3.39. The normalized spacial score (nSPS) is 14.1. The lowest BCUT2D eigenvalue weighted by molar-refractivity contribution is -0.895. The quantitative estimate of drug-likeness (QED) is 0.650. The maximum absolute atomic E-state index is 12.6. The molecule has 0 radical (unpaired) electrons. The smallest absolute Gasteiger partial charge is 0.279 e. The van der Waals surface area contributed by atoms with Crippen LogP contribution < -0.4 is 20.3 Å². The average Bonchev–Trinajstić information content (AvgIpc) is 2.74. The molecule has 1 saturated heterocycles. The van der Waals surface area contributed by atoms with Crippen molar-refractivity contribution in [2.24, 2.45) is 0 Å². The summed E-state index contributed by atoms with van der Waals surface area (Å²) in [6, 6.07) is 14.3. The fraction of sp³-hybridized carbons (Fsp3) is 0.318. The zero-order chi connectivity index (χ0) is 21.5. The summed E-state index contributed by atoms with van der Waals surface area (Å²) >= 11 is 0. The number of carbonyl (C=O) groups excluding carboxylic acids is 3. The van der Waals surface area contributed by atoms with E-state index in [0.29, 0.717) is 55.4 Å². The van der Waals surface area contributed by atoms with Gasteiger partial charge in [-0.2, -0.15) is 0 Å². The van der Waals surface area contributed by atoms with Gasteiger partial charge < -0.3 is 25.2 Å². The number of piperazine rings is 1. The van der Waals surface area contributed by atoms with Gasteiger partial charge in [0.05, 0.1) is 39.0 Å². The maximum atomic E-state index is 12.6. The number of hydrogen-bond donors (Lipinski definition) is 3. The first kappa shape index (κ1) is 21.3. The summed E-state index contributed by atoms with van der Waals surface area (Å²) in [5, 5.41) is 5.56. The van der Waals surface area contributed by atoms with Crippen LogP contribution in [0.5, 0.6) is 5.75 Å². The van der Waals surface area contributed by atoms with E-state index < -0.39 is 0 Å². The van der Waals surface area contributed by atoms with E-state index in [2.05, 4.69) is 10.6 Å². The molecule has 0 aromatic heterocycles. The van der Waals surface area contributed by atoms with Crippen molar-refractivity contribution in [1.29, 1.82) is 0 Å². The molecule has 0 spiro atoms. The molecule has 2 aromatic rings. The number of nitrogens with zero attached hydrogens (tertiary/aromatic N) is 1. The molecule has 0 aliphatic carbocycles. The highest BCUT2D eigenvalue weighted by Gasteiger charge is 2.26. The molecule has 1 aliphatic heterocycles. The van der Waals surface area contributed by atoms with E-state index in [1.165, 1.54) is 14.0 Å². The van der Waals surface area contributed by atoms with Crippen LogP contribution in [0.4, 0.5) is 11.4 Å². The number of hydrogen-bond acceptors (Lipinski definition) is 4. The van der Waals surface area contributed by atoms with Crippen LogP contribution in [0.25, 0.3) is 0 Å². The Balaban J connectivity index is 1.54. The second-order valence-electron chi connectivity index (χ2n) is 7.23. The van der Waals surface area contributed by atoms with Gasteiger partial charge in [-0.1, -0.05) is 18.2 Å². The second kappa shape index (κ2) is 9.89. The van der Waals surface area contributed by atoms with Crippen molar-refractivity contribution in [2.45, 2.75) is 6.92 Å². The van der Waals surface area contributed by atoms with Gasteiger partial charge in [-0.15, -0.1) is 0 Å². The van der Waals surface area contributed by atoms with Crippen LogP contribution in [0.1, 0.15) is 17.3 Å². The van der Waals surface area contributed by atoms with Crippen LogP contribution in [0.2, 0.25) is 0 Å². The molecule has 1 aliphatic rings. The third-order valence-corrected chi connectivity index (χ3v) is 4.98. The zero-order valence-electron chi connectivity index (χ0n) is 17.2. The zero-order valence-corrected chi connectivity index (χ0v) is 17.2. The van der Waals surface area contributed by atoms with Crippen molar-refractivity contribution in [2.75, 3.05) is 50.5 Å². The van der Waals surface area contributed by atoms with Crippen molar-refractivity contribution in [1.82, 2.24) is 4.90 Å². The minimum Gasteiger partial charge on any atom is -0.495 e. The van der Waals surface area contributed by atoms with Gasteiger partial charge in [0.25, 0.3) is 11.8 Å². The summed E-state index contributed by atoms with van der Waals surface area (Å²) in [4.78, 5) is 39.3. The predicted molar refractivity (Wildman–Crippen MR) is 114 cm³/mol. The Morgan fingerprint density at radius 2 is 1.73 bits per heavy atom. The van der Waals surface area contributed by atoms with E-state index in [9.17, 15) is 14.4 Å². The molecule has 3 amide bonds. The Morgan fingerprint density at radius 3 is 2.37 bits per heavy atom. The molecule has 0 unspecified atom stereocenters. The first-order chi connectivity index (χ1) is 14.5. The minimum atomic E-state index is -0.190. The molecule has 8 nitrogen and oxygen atoms in total. The predicted octanol–water partition coefficient (Wildman–Crippen LogP) is 0.633. The van der Waals surface area contributed by atoms with E-state index >= 15 is 0 Å². The van der Waals surface area contributed by atoms with Gasteiger partial charge >= 0.3 is 0 Å². The molecule has 158 valence electrons. The van der Waals surface area contributed by atoms with Gasteiger partial charge in [0.1, 0.15) is 5.75 Å². The fourth-order valence-electron chi connectivity index (χ4n) is 3.47. The lowest BCUT2D eigenvalue weighted by Crippen LogP contribution is -3.15. The molecule has 30 heavy (non-hydrogen) atoms. The summed E-state index contributed by atoms with van der Waals surface area (Å²) in [7, 11) is 1.53. The maximum Gasteiger partial charge on any atom is 0.279 e. The Bertz CT molecular complexity index is 909. The van der Waals surface area contributed by atoms with Gasteiger partial charge in [0, 0.05) is 18.2 Å². The number of rotatable bonds is 6. The highest BCUT2D eigenvalue weighted by atomic mass is 16.5. The van der Waals surface area contributed by atoms with Crippen LogP contribution in [-0.4, -0.2) is 62.5 Å². The van der Waals surface area contributed by atoms with Crippen LogP contribution >= 0.6 is 0 Å². The van der Waals surface area contributed by atoms with Gasteiger partial charge in [0.2, 0.25) is 5.91 Å². The molecule has 1 fully saturated rings. The molecule has 2 aromatic carbocycles. The fourth-order valence-corrected chi connectivity index (χ4v) is 3.47. The van der Waals surface area contributed by atoms with Crippen LogP contribution in [0.3, 0.4) is 0 Å². The van der Waals surface area contributed by atoms with Gasteiger partial charge in [0.15, 0.2) is 6.54 Å². The van der Waals surface area contributed by atoms with Crippen molar-refractivity contribution in [3.05, 3.63) is 54.1 Å². The van der Waals surface area contributed by atoms with E-state index in [1.54, 1.807) is 18.2 Å². The Morgan fingerprint density at radius 1 is 1.03 bits per heavy atom. The van der Waals surface area contributed by atoms with E-state index in [-0.39, 0.29) is 17.7 Å². The minimum absolute atomic E-state index is 0.0265. The number of ether oxygens (including phenoxy) is 1. The molecule has 0 atom stereocenters. The summed E-state index contributed by atoms with van der Waals surface area (Å²) in [5.41, 5.74) is 1.77. The Labute approximate surface area is 175 Å². The summed E-state index contributed by atoms with van der Waals surface area (Å²) in [6.45, 7) is 4.34. The SMILES string of the molecule is COc1ccc(NC(C)=O)cc1NC(=O)C[NH+]1CCN(C(=O)c2ccccc2)CC1. The van der Waals surface area contributed by atoms with E-state index in [1.807, 2.05) is 35.2 Å². The molecule has 3 rings (SSSR count). The molecule has 8 heteroatoms. The summed E-state index contributed by atoms with van der Waals surface area (Å²) in [5.74, 6) is 0.209. The first-order valence-electron chi connectivity index (χ1n) is 9.89. The monoisotopic (exact) mass is 411 g/mol. The third-order valence-electron chi connectivity index (χ3n) is 4.98. The summed E-state index contributed by atoms with van der Waals surface area (Å²) in [6.07, 6.45) is 0. The summed E-state index contributed by atoms with van der Waals surface area (Å²) < 4.78 is 5.30. The van der Waals surface area contributed by atoms with Gasteiger partial charge in [-0.3, -0.25) is 14.4 Å². The van der Waals surface area contributed by atoms with Crippen LogP contribution in [-0.2, 0) is 9.59 Å². The van der Waals surface area contributed by atoms with E-state index in [4.69, 9.17) is 4.74 Å². The number of nitrogens with one attached hydrogen (secondary N) is 3. The molecular weight excluding hydrogens is 384 g/mol. The van der Waals surface area contributed by atoms with Crippen molar-refractivity contribution >= 4 is 29.1 Å². The van der Waals surface area contributed by atoms with E-state index in [0.717, 1.165) is 4.90 Å². The number of benzene rings is 2. The number of methoxy groups -OCH3 is 1. The highest BCUT2D eigenvalue weighted by molar-refractivity contribution is 5.95. The standard InChI is InChI=1S/C22H26N4O4/c1-16(27)23-18-8-9-20(30-2)19(14-18)24-21(28)15-25-10-12-26(13-11-25)22(29)17-6-4-3-5-7-17/h3-9,14H,10-13,15H2,1-2H3,(H,23,27)(H,24,28)/p+1. The number of anilines is 2. The van der Waals surface area contributed by atoms with Crippen molar-refractivity contribution in [3.8, 4) is 5.75 Å². The first-order valence-corrected chi connectivity index (χ1v) is 9.89.